The summed E-state index contributed by atoms with van der Waals surface area (Å²) in [5, 5.41) is 2.11. The fourth-order valence-corrected chi connectivity index (χ4v) is 4.58. The molecule has 1 aliphatic rings. The normalized spacial score (nSPS) is 15.2. The van der Waals surface area contributed by atoms with Crippen LogP contribution in [0.1, 0.15) is 18.4 Å². The summed E-state index contributed by atoms with van der Waals surface area (Å²) in [6.45, 7) is 4.68. The van der Waals surface area contributed by atoms with Crippen LogP contribution in [0.5, 0.6) is 0 Å². The number of nitrogens with zero attached hydrogens (tertiary/aromatic N) is 2. The third-order valence-corrected chi connectivity index (χ3v) is 6.24. The molecular formula is C25H26FN3O2. The van der Waals surface area contributed by atoms with Crippen molar-refractivity contribution in [3.8, 4) is 0 Å². The predicted molar refractivity (Wildman–Crippen MR) is 122 cm³/mol. The third kappa shape index (κ3) is 4.21. The van der Waals surface area contributed by atoms with Gasteiger partial charge in [0, 0.05) is 60.8 Å². The molecule has 1 N–H and O–H groups in total. The second-order valence-electron chi connectivity index (χ2n) is 8.24. The number of anilines is 1. The van der Waals surface area contributed by atoms with Gasteiger partial charge in [-0.1, -0.05) is 18.2 Å². The van der Waals surface area contributed by atoms with E-state index in [2.05, 4.69) is 45.2 Å². The zero-order chi connectivity index (χ0) is 21.2. The van der Waals surface area contributed by atoms with Gasteiger partial charge in [0.15, 0.2) is 0 Å². The minimum Gasteiger partial charge on any atom is -0.422 e. The van der Waals surface area contributed by atoms with Gasteiger partial charge < -0.3 is 14.3 Å². The number of unbranched alkanes of at least 4 members (excludes halogenated alkanes) is 1. The highest BCUT2D eigenvalue weighted by molar-refractivity contribution is 5.90. The van der Waals surface area contributed by atoms with Crippen molar-refractivity contribution in [2.45, 2.75) is 19.3 Å². The van der Waals surface area contributed by atoms with E-state index in [9.17, 15) is 9.18 Å². The maximum absolute atomic E-state index is 13.5. The number of hydrogen-bond acceptors (Lipinski definition) is 4. The number of nitrogens with one attached hydrogen (secondary N) is 1. The van der Waals surface area contributed by atoms with Crippen molar-refractivity contribution >= 4 is 27.6 Å². The Hall–Kier alpha value is -3.12. The Labute approximate surface area is 180 Å². The van der Waals surface area contributed by atoms with Gasteiger partial charge in [-0.05, 0) is 49.6 Å². The molecule has 3 heterocycles. The molecule has 6 heteroatoms. The van der Waals surface area contributed by atoms with Gasteiger partial charge in [-0.25, -0.2) is 9.18 Å². The maximum Gasteiger partial charge on any atom is 0.338 e. The van der Waals surface area contributed by atoms with Crippen molar-refractivity contribution in [3.05, 3.63) is 76.5 Å². The van der Waals surface area contributed by atoms with Crippen LogP contribution in [0, 0.1) is 5.82 Å². The summed E-state index contributed by atoms with van der Waals surface area (Å²) in [5.74, 6) is -0.398. The summed E-state index contributed by atoms with van der Waals surface area (Å²) in [4.78, 5) is 20.0. The Bertz CT molecular complexity index is 1250. The molecule has 5 nitrogen and oxygen atoms in total. The topological polar surface area (TPSA) is 52.5 Å². The fourth-order valence-electron chi connectivity index (χ4n) is 4.58. The van der Waals surface area contributed by atoms with E-state index in [0.717, 1.165) is 63.1 Å². The number of aryl methyl sites for hydroxylation is 1. The third-order valence-electron chi connectivity index (χ3n) is 6.24. The maximum atomic E-state index is 13.5. The van der Waals surface area contributed by atoms with Crippen LogP contribution in [-0.2, 0) is 6.42 Å². The predicted octanol–water partition coefficient (Wildman–Crippen LogP) is 4.56. The second-order valence-corrected chi connectivity index (χ2v) is 8.24. The molecule has 0 bridgehead atoms. The van der Waals surface area contributed by atoms with Gasteiger partial charge in [-0.3, -0.25) is 4.90 Å². The Morgan fingerprint density at radius 3 is 2.68 bits per heavy atom. The first-order chi connectivity index (χ1) is 15.2. The number of halogens is 1. The molecule has 0 unspecified atom stereocenters. The number of piperazine rings is 1. The van der Waals surface area contributed by atoms with Crippen LogP contribution < -0.4 is 10.5 Å². The largest absolute Gasteiger partial charge is 0.422 e. The first-order valence-corrected chi connectivity index (χ1v) is 10.9. The van der Waals surface area contributed by atoms with Gasteiger partial charge in [0.25, 0.3) is 0 Å². The van der Waals surface area contributed by atoms with Gasteiger partial charge >= 0.3 is 5.63 Å². The lowest BCUT2D eigenvalue weighted by Crippen LogP contribution is -2.46. The molecular weight excluding hydrogens is 393 g/mol. The minimum atomic E-state index is -0.437. The van der Waals surface area contributed by atoms with Gasteiger partial charge in [0.1, 0.15) is 11.4 Å². The first-order valence-electron chi connectivity index (χ1n) is 10.9. The number of para-hydroxylation sites is 1. The number of aromatic nitrogens is 1. The molecule has 1 saturated heterocycles. The molecule has 2 aromatic carbocycles. The van der Waals surface area contributed by atoms with Crippen molar-refractivity contribution in [2.75, 3.05) is 37.6 Å². The van der Waals surface area contributed by atoms with Gasteiger partial charge in [-0.2, -0.15) is 0 Å². The van der Waals surface area contributed by atoms with Crippen LogP contribution in [0.3, 0.4) is 0 Å². The lowest BCUT2D eigenvalue weighted by molar-refractivity contribution is 0.253. The van der Waals surface area contributed by atoms with Gasteiger partial charge in [0.2, 0.25) is 0 Å². The van der Waals surface area contributed by atoms with Crippen LogP contribution >= 0.6 is 0 Å². The van der Waals surface area contributed by atoms with Crippen molar-refractivity contribution in [1.29, 1.82) is 0 Å². The summed E-state index contributed by atoms with van der Waals surface area (Å²) in [6, 6.07) is 14.4. The molecule has 0 atom stereocenters. The van der Waals surface area contributed by atoms with Crippen LogP contribution in [0.4, 0.5) is 10.1 Å². The summed E-state index contributed by atoms with van der Waals surface area (Å²) in [5.41, 5.74) is 3.31. The highest BCUT2D eigenvalue weighted by Gasteiger charge is 2.20. The standard InChI is InChI=1S/C25H26FN3O2/c26-19-8-9-21-23(16-25(30)31-24(21)15-19)29-13-11-28(12-14-29)10-4-3-5-18-17-27-22-7-2-1-6-20(18)22/h1-2,6-9,15-17,27H,3-5,10-14H2. The monoisotopic (exact) mass is 419 g/mol. The van der Waals surface area contributed by atoms with Crippen molar-refractivity contribution < 1.29 is 8.81 Å². The molecule has 0 saturated carbocycles. The molecule has 5 rings (SSSR count). The van der Waals surface area contributed by atoms with Crippen LogP contribution in [0.2, 0.25) is 0 Å². The number of hydrogen-bond donors (Lipinski definition) is 1. The zero-order valence-electron chi connectivity index (χ0n) is 17.4. The molecule has 0 aliphatic carbocycles. The molecule has 1 aliphatic heterocycles. The summed E-state index contributed by atoms with van der Waals surface area (Å²) in [7, 11) is 0. The van der Waals surface area contributed by atoms with Crippen LogP contribution in [0.25, 0.3) is 21.9 Å². The molecule has 0 amide bonds. The highest BCUT2D eigenvalue weighted by Crippen LogP contribution is 2.27. The van der Waals surface area contributed by atoms with Crippen molar-refractivity contribution in [1.82, 2.24) is 9.88 Å². The molecule has 0 radical (unpaired) electrons. The Morgan fingerprint density at radius 1 is 0.968 bits per heavy atom. The first kappa shape index (κ1) is 19.8. The minimum absolute atomic E-state index is 0.308. The van der Waals surface area contributed by atoms with E-state index in [1.807, 2.05) is 0 Å². The van der Waals surface area contributed by atoms with Crippen molar-refractivity contribution in [2.24, 2.45) is 0 Å². The number of rotatable bonds is 6. The zero-order valence-corrected chi connectivity index (χ0v) is 17.4. The van der Waals surface area contributed by atoms with E-state index in [1.54, 1.807) is 6.07 Å². The van der Waals surface area contributed by atoms with Gasteiger partial charge in [-0.15, -0.1) is 0 Å². The lowest BCUT2D eigenvalue weighted by atomic mass is 10.1. The molecule has 4 aromatic rings. The van der Waals surface area contributed by atoms with Crippen LogP contribution in [-0.4, -0.2) is 42.6 Å². The smallest absolute Gasteiger partial charge is 0.338 e. The SMILES string of the molecule is O=c1cc(N2CCN(CCCCc3c[nH]c4ccccc34)CC2)c2ccc(F)cc2o1. The molecule has 31 heavy (non-hydrogen) atoms. The average molecular weight is 420 g/mol. The number of aromatic amines is 1. The molecule has 1 fully saturated rings. The Morgan fingerprint density at radius 2 is 1.81 bits per heavy atom. The van der Waals surface area contributed by atoms with Crippen LogP contribution in [0.15, 0.2) is 63.9 Å². The lowest BCUT2D eigenvalue weighted by Gasteiger charge is -2.36. The number of fused-ring (bicyclic) bond motifs is 2. The van der Waals surface area contributed by atoms with Crippen molar-refractivity contribution in [3.63, 3.8) is 0 Å². The Kier molecular flexibility index (Phi) is 5.47. The van der Waals surface area contributed by atoms with Gasteiger partial charge in [0.05, 0.1) is 5.69 Å². The number of H-pyrrole nitrogens is 1. The van der Waals surface area contributed by atoms with E-state index < -0.39 is 11.4 Å². The molecule has 160 valence electrons. The fraction of sp³-hybridized carbons (Fsp3) is 0.320. The van der Waals surface area contributed by atoms with E-state index in [0.29, 0.717) is 5.58 Å². The summed E-state index contributed by atoms with van der Waals surface area (Å²) < 4.78 is 18.7. The summed E-state index contributed by atoms with van der Waals surface area (Å²) >= 11 is 0. The second kappa shape index (κ2) is 8.55. The molecule has 0 spiro atoms. The van der Waals surface area contributed by atoms with E-state index in [4.69, 9.17) is 4.42 Å². The van der Waals surface area contributed by atoms with E-state index in [-0.39, 0.29) is 0 Å². The number of benzene rings is 2. The Balaban J connectivity index is 1.15. The highest BCUT2D eigenvalue weighted by atomic mass is 19.1. The molecule has 2 aromatic heterocycles. The summed E-state index contributed by atoms with van der Waals surface area (Å²) in [6.07, 6.45) is 5.55. The quantitative estimate of drug-likeness (QED) is 0.368. The average Bonchev–Trinajstić information content (AvgIpc) is 3.19. The van der Waals surface area contributed by atoms with E-state index >= 15 is 0 Å². The van der Waals surface area contributed by atoms with E-state index in [1.165, 1.54) is 34.7 Å².